The standard InChI is InChI=1S/C44H68INO11/c1-10-14-31-20-26(2)19-27(3)21-36(54-8)39-37(55-9)22-29(5)44(52,57-39)40(49)41(50)46-18-12-11-16-33(46)42(51)56-38(30(6)34(47)23-35(31)48)28(4)24-43(45)17-13-15-32(25-43)53-7/h10,20,24,27,29-34,36-39,47,52H,1,11-19,21-23,25H2,2-9H3. The van der Waals surface area contributed by atoms with E-state index in [1.165, 1.54) is 19.1 Å². The van der Waals surface area contributed by atoms with Crippen molar-refractivity contribution in [2.45, 2.75) is 164 Å². The van der Waals surface area contributed by atoms with Crippen molar-refractivity contribution < 1.29 is 53.1 Å². The summed E-state index contributed by atoms with van der Waals surface area (Å²) in [5, 5.41) is 23.8. The highest BCUT2D eigenvalue weighted by molar-refractivity contribution is 14.1. The third-order valence-electron chi connectivity index (χ3n) is 12.8. The fourth-order valence-corrected chi connectivity index (χ4v) is 10.8. The maximum Gasteiger partial charge on any atom is 0.329 e. The van der Waals surface area contributed by atoms with E-state index in [0.717, 1.165) is 31.3 Å². The molecule has 2 saturated heterocycles. The number of cyclic esters (lactones) is 1. The van der Waals surface area contributed by atoms with Crippen LogP contribution >= 0.6 is 22.6 Å². The molecular weight excluding hydrogens is 845 g/mol. The molecule has 3 heterocycles. The molecule has 12 nitrogen and oxygen atoms in total. The van der Waals surface area contributed by atoms with E-state index in [4.69, 9.17) is 23.7 Å². The van der Waals surface area contributed by atoms with Crippen LogP contribution in [0.3, 0.4) is 0 Å². The molecule has 0 spiro atoms. The van der Waals surface area contributed by atoms with Gasteiger partial charge in [-0.3, -0.25) is 14.4 Å². The van der Waals surface area contributed by atoms with Gasteiger partial charge < -0.3 is 38.8 Å². The molecule has 0 aromatic carbocycles. The summed E-state index contributed by atoms with van der Waals surface area (Å²) in [6.45, 7) is 13.3. The zero-order chi connectivity index (χ0) is 42.2. The van der Waals surface area contributed by atoms with E-state index < -0.39 is 77.8 Å². The smallest absolute Gasteiger partial charge is 0.329 e. The Hall–Kier alpha value is -2.01. The number of fused-ring (bicyclic) bond motifs is 3. The quantitative estimate of drug-likeness (QED) is 0.0982. The van der Waals surface area contributed by atoms with Gasteiger partial charge in [-0.2, -0.15) is 0 Å². The zero-order valence-corrected chi connectivity index (χ0v) is 37.5. The number of Topliss-reactive ketones (excluding diaryl/α,β-unsaturated/α-hetero) is 2. The number of aliphatic hydroxyl groups excluding tert-OH is 1. The van der Waals surface area contributed by atoms with E-state index in [0.29, 0.717) is 37.7 Å². The van der Waals surface area contributed by atoms with Crippen LogP contribution in [0, 0.1) is 23.7 Å². The van der Waals surface area contributed by atoms with Crippen molar-refractivity contribution in [3.63, 3.8) is 0 Å². The number of esters is 1. The van der Waals surface area contributed by atoms with Crippen LogP contribution in [0.15, 0.2) is 36.0 Å². The number of rotatable bonds is 7. The lowest BCUT2D eigenvalue weighted by Crippen LogP contribution is -2.64. The average molecular weight is 914 g/mol. The van der Waals surface area contributed by atoms with E-state index in [-0.39, 0.29) is 47.0 Å². The average Bonchev–Trinajstić information content (AvgIpc) is 3.18. The second-order valence-electron chi connectivity index (χ2n) is 17.3. The van der Waals surface area contributed by atoms with Crippen LogP contribution in [-0.4, -0.2) is 118 Å². The van der Waals surface area contributed by atoms with Crippen molar-refractivity contribution >= 4 is 46.0 Å². The van der Waals surface area contributed by atoms with Crippen molar-refractivity contribution in [2.24, 2.45) is 23.7 Å². The van der Waals surface area contributed by atoms with Gasteiger partial charge in [0.05, 0.1) is 24.4 Å². The highest BCUT2D eigenvalue weighted by atomic mass is 127. The van der Waals surface area contributed by atoms with E-state index >= 15 is 0 Å². The Kier molecular flexibility index (Phi) is 17.6. The summed E-state index contributed by atoms with van der Waals surface area (Å²) >= 11 is 2.44. The lowest BCUT2D eigenvalue weighted by molar-refractivity contribution is -0.302. The number of ketones is 2. The molecule has 3 aliphatic heterocycles. The minimum Gasteiger partial charge on any atom is -0.456 e. The van der Waals surface area contributed by atoms with Gasteiger partial charge in [-0.25, -0.2) is 4.79 Å². The first kappa shape index (κ1) is 47.7. The van der Waals surface area contributed by atoms with E-state index in [1.807, 2.05) is 19.9 Å². The number of hydrogen-bond acceptors (Lipinski definition) is 11. The molecular formula is C44H68INO11. The molecule has 13 heteroatoms. The molecule has 1 amide bonds. The Labute approximate surface area is 353 Å². The molecule has 2 bridgehead atoms. The number of allylic oxidation sites excluding steroid dienone is 4. The number of carbonyl (C=O) groups excluding carboxylic acids is 4. The van der Waals surface area contributed by atoms with Gasteiger partial charge in [0.2, 0.25) is 5.79 Å². The molecule has 0 aromatic rings. The monoisotopic (exact) mass is 913 g/mol. The zero-order valence-electron chi connectivity index (χ0n) is 35.4. The summed E-state index contributed by atoms with van der Waals surface area (Å²) in [6.07, 6.45) is 8.16. The largest absolute Gasteiger partial charge is 0.456 e. The fourth-order valence-electron chi connectivity index (χ4n) is 9.44. The topological polar surface area (TPSA) is 158 Å². The summed E-state index contributed by atoms with van der Waals surface area (Å²) in [4.78, 5) is 58.0. The van der Waals surface area contributed by atoms with Gasteiger partial charge in [0.15, 0.2) is 0 Å². The second kappa shape index (κ2) is 21.0. The fraction of sp³-hybridized carbons (Fsp3) is 0.773. The SMILES string of the molecule is C=CCC1C=C(C)CC(C)CC(OC)C2OC(O)(C(=O)C(=O)N3CCCCC3C(=O)OC(C(C)=CC3(I)CCCC(OC)C3)C(C)C(O)CC1=O)C(C)CC2OC. The van der Waals surface area contributed by atoms with E-state index in [2.05, 4.69) is 42.2 Å². The number of nitrogens with zero attached hydrogens (tertiary/aromatic N) is 1. The molecule has 4 aliphatic rings. The number of carbonyl (C=O) groups is 4. The lowest BCUT2D eigenvalue weighted by atomic mass is 9.82. The van der Waals surface area contributed by atoms with Gasteiger partial charge in [0.1, 0.15) is 24.0 Å². The summed E-state index contributed by atoms with van der Waals surface area (Å²) in [5.74, 6) is -7.55. The molecule has 0 radical (unpaired) electrons. The van der Waals surface area contributed by atoms with Crippen LogP contribution in [-0.2, 0) is 42.9 Å². The Bertz CT molecular complexity index is 1500. The van der Waals surface area contributed by atoms with Gasteiger partial charge >= 0.3 is 5.97 Å². The Morgan fingerprint density at radius 1 is 1.02 bits per heavy atom. The number of aliphatic hydroxyl groups is 2. The maximum atomic E-state index is 14.4. The number of alkyl halides is 1. The van der Waals surface area contributed by atoms with Gasteiger partial charge in [0, 0.05) is 55.5 Å². The Balaban J connectivity index is 1.80. The number of piperidine rings is 1. The highest BCUT2D eigenvalue weighted by Gasteiger charge is 2.56. The Morgan fingerprint density at radius 3 is 2.35 bits per heavy atom. The van der Waals surface area contributed by atoms with Crippen LogP contribution in [0.4, 0.5) is 0 Å². The minimum absolute atomic E-state index is 0.0219. The number of halogens is 1. The molecule has 322 valence electrons. The first-order valence-corrected chi connectivity index (χ1v) is 21.9. The molecule has 13 unspecified atom stereocenters. The number of amides is 1. The van der Waals surface area contributed by atoms with Crippen molar-refractivity contribution in [1.82, 2.24) is 4.90 Å². The number of methoxy groups -OCH3 is 3. The van der Waals surface area contributed by atoms with Crippen LogP contribution in [0.25, 0.3) is 0 Å². The third-order valence-corrected chi connectivity index (χ3v) is 14.1. The first-order valence-electron chi connectivity index (χ1n) is 20.8. The summed E-state index contributed by atoms with van der Waals surface area (Å²) in [6, 6.07) is -1.12. The van der Waals surface area contributed by atoms with Crippen LogP contribution < -0.4 is 0 Å². The van der Waals surface area contributed by atoms with Gasteiger partial charge in [0.25, 0.3) is 11.7 Å². The lowest BCUT2D eigenvalue weighted by Gasteiger charge is -2.47. The first-order chi connectivity index (χ1) is 26.9. The van der Waals surface area contributed by atoms with Crippen molar-refractivity contribution in [3.8, 4) is 0 Å². The minimum atomic E-state index is -2.50. The second-order valence-corrected chi connectivity index (χ2v) is 19.5. The molecule has 57 heavy (non-hydrogen) atoms. The number of ether oxygens (including phenoxy) is 5. The van der Waals surface area contributed by atoms with Crippen molar-refractivity contribution in [1.29, 1.82) is 0 Å². The molecule has 1 aliphatic carbocycles. The predicted molar refractivity (Wildman–Crippen MR) is 224 cm³/mol. The van der Waals surface area contributed by atoms with Gasteiger partial charge in [-0.1, -0.05) is 67.2 Å². The molecule has 4 rings (SSSR count). The molecule has 13 atom stereocenters. The predicted octanol–water partition coefficient (Wildman–Crippen LogP) is 6.23. The van der Waals surface area contributed by atoms with Gasteiger partial charge in [-0.05, 0) is 96.0 Å². The summed E-state index contributed by atoms with van der Waals surface area (Å²) < 4.78 is 29.8. The highest BCUT2D eigenvalue weighted by Crippen LogP contribution is 2.42. The Morgan fingerprint density at radius 2 is 1.70 bits per heavy atom. The van der Waals surface area contributed by atoms with Crippen LogP contribution in [0.2, 0.25) is 0 Å². The van der Waals surface area contributed by atoms with E-state index in [9.17, 15) is 29.4 Å². The number of hydrogen-bond donors (Lipinski definition) is 2. The van der Waals surface area contributed by atoms with Crippen molar-refractivity contribution in [2.75, 3.05) is 27.9 Å². The van der Waals surface area contributed by atoms with Crippen molar-refractivity contribution in [3.05, 3.63) is 36.0 Å². The van der Waals surface area contributed by atoms with Crippen LogP contribution in [0.5, 0.6) is 0 Å². The summed E-state index contributed by atoms with van der Waals surface area (Å²) in [7, 11) is 4.78. The third kappa shape index (κ3) is 11.6. The molecule has 0 aromatic heterocycles. The molecule has 3 fully saturated rings. The molecule has 2 N–H and O–H groups in total. The summed E-state index contributed by atoms with van der Waals surface area (Å²) in [5.41, 5.74) is 1.69. The molecule has 1 saturated carbocycles. The van der Waals surface area contributed by atoms with Crippen LogP contribution in [0.1, 0.15) is 112 Å². The van der Waals surface area contributed by atoms with Gasteiger partial charge in [-0.15, -0.1) is 6.58 Å². The maximum absolute atomic E-state index is 14.4. The normalized spacial score (nSPS) is 40.1. The van der Waals surface area contributed by atoms with E-state index in [1.54, 1.807) is 27.0 Å².